The van der Waals surface area contributed by atoms with Gasteiger partial charge in [0.05, 0.1) is 23.0 Å². The number of aryl methyl sites for hydroxylation is 1. The fraction of sp³-hybridized carbons (Fsp3) is 0.154. The van der Waals surface area contributed by atoms with Crippen molar-refractivity contribution in [3.05, 3.63) is 42.2 Å². The van der Waals surface area contributed by atoms with Crippen LogP contribution in [-0.4, -0.2) is 23.6 Å². The summed E-state index contributed by atoms with van der Waals surface area (Å²) in [5, 5.41) is 1.89. The van der Waals surface area contributed by atoms with Crippen LogP contribution >= 0.6 is 0 Å². The molecule has 4 nitrogen and oxygen atoms in total. The van der Waals surface area contributed by atoms with Crippen LogP contribution in [0.25, 0.3) is 21.8 Å². The molecule has 0 fully saturated rings. The quantitative estimate of drug-likeness (QED) is 0.674. The molecule has 2 heterocycles. The first kappa shape index (κ1) is 11.2. The maximum absolute atomic E-state index is 11.7. The Hall–Kier alpha value is -1.88. The van der Waals surface area contributed by atoms with Gasteiger partial charge in [0.25, 0.3) is 0 Å². The zero-order chi connectivity index (χ0) is 12.9. The Morgan fingerprint density at radius 1 is 1.11 bits per heavy atom. The molecule has 0 saturated carbocycles. The van der Waals surface area contributed by atoms with E-state index in [1.54, 1.807) is 6.20 Å². The lowest BCUT2D eigenvalue weighted by molar-refractivity contribution is 0.595. The van der Waals surface area contributed by atoms with Crippen molar-refractivity contribution in [2.75, 3.05) is 6.26 Å². The highest BCUT2D eigenvalue weighted by Gasteiger charge is 2.14. The van der Waals surface area contributed by atoms with Crippen LogP contribution in [0.4, 0.5) is 0 Å². The summed E-state index contributed by atoms with van der Waals surface area (Å²) < 4.78 is 24.8. The summed E-state index contributed by atoms with van der Waals surface area (Å²) in [5.41, 5.74) is 2.27. The molecule has 0 spiro atoms. The van der Waals surface area contributed by atoms with Crippen LogP contribution in [0, 0.1) is 6.92 Å². The number of para-hydroxylation sites is 1. The average Bonchev–Trinajstić information content (AvgIpc) is 2.74. The zero-order valence-electron chi connectivity index (χ0n) is 10.1. The zero-order valence-corrected chi connectivity index (χ0v) is 10.9. The van der Waals surface area contributed by atoms with Crippen molar-refractivity contribution in [1.82, 2.24) is 8.96 Å². The van der Waals surface area contributed by atoms with Crippen LogP contribution in [-0.2, 0) is 10.0 Å². The summed E-state index contributed by atoms with van der Waals surface area (Å²) in [7, 11) is -3.30. The Morgan fingerprint density at radius 3 is 2.56 bits per heavy atom. The maximum atomic E-state index is 11.7. The molecule has 0 N–H and O–H groups in total. The molecule has 1 aromatic carbocycles. The molecule has 0 radical (unpaired) electrons. The third kappa shape index (κ3) is 1.51. The van der Waals surface area contributed by atoms with E-state index in [1.807, 2.05) is 37.3 Å². The molecule has 3 aromatic rings. The van der Waals surface area contributed by atoms with Gasteiger partial charge in [-0.05, 0) is 19.1 Å². The third-order valence-corrected chi connectivity index (χ3v) is 4.05. The van der Waals surface area contributed by atoms with Crippen LogP contribution in [0.15, 0.2) is 36.5 Å². The molecule has 0 bridgehead atoms. The molecule has 0 aliphatic rings. The predicted octanol–water partition coefficient (Wildman–Crippen LogP) is 2.31. The molecule has 18 heavy (non-hydrogen) atoms. The second-order valence-corrected chi connectivity index (χ2v) is 6.21. The number of hydrogen-bond acceptors (Lipinski definition) is 3. The van der Waals surface area contributed by atoms with Crippen molar-refractivity contribution in [2.24, 2.45) is 0 Å². The molecular weight excluding hydrogens is 248 g/mol. The molecule has 3 rings (SSSR count). The van der Waals surface area contributed by atoms with E-state index in [2.05, 4.69) is 4.98 Å². The number of nitrogens with zero attached hydrogens (tertiary/aromatic N) is 2. The smallest absolute Gasteiger partial charge is 0.236 e. The minimum absolute atomic E-state index is 0.663. The first-order valence-electron chi connectivity index (χ1n) is 5.55. The Labute approximate surface area is 105 Å². The highest BCUT2D eigenvalue weighted by molar-refractivity contribution is 7.89. The number of aromatic nitrogens is 2. The standard InChI is InChI=1S/C13H12N2O2S/c1-9-13-11(7-8-15(13)18(2,16)17)10-5-3-4-6-12(10)14-9/h3-8H,1-2H3. The second kappa shape index (κ2) is 3.55. The molecule has 92 valence electrons. The summed E-state index contributed by atoms with van der Waals surface area (Å²) in [6.07, 6.45) is 2.78. The van der Waals surface area contributed by atoms with Crippen molar-refractivity contribution < 1.29 is 8.42 Å². The Morgan fingerprint density at radius 2 is 1.83 bits per heavy atom. The SMILES string of the molecule is Cc1nc2ccccc2c2ccn(S(C)(=O)=O)c12. The molecule has 2 aromatic heterocycles. The summed E-state index contributed by atoms with van der Waals surface area (Å²) in [6, 6.07) is 9.56. The highest BCUT2D eigenvalue weighted by atomic mass is 32.2. The fourth-order valence-electron chi connectivity index (χ4n) is 2.30. The van der Waals surface area contributed by atoms with E-state index < -0.39 is 10.0 Å². The normalized spacial score (nSPS) is 12.3. The lowest BCUT2D eigenvalue weighted by Crippen LogP contribution is -2.09. The Kier molecular flexibility index (Phi) is 2.22. The molecule has 0 amide bonds. The summed E-state index contributed by atoms with van der Waals surface area (Å²) in [5.74, 6) is 0. The van der Waals surface area contributed by atoms with E-state index in [4.69, 9.17) is 0 Å². The lowest BCUT2D eigenvalue weighted by atomic mass is 10.1. The Balaban J connectivity index is 2.58. The van der Waals surface area contributed by atoms with Gasteiger partial charge in [-0.15, -0.1) is 0 Å². The number of hydrogen-bond donors (Lipinski definition) is 0. The number of benzene rings is 1. The van der Waals surface area contributed by atoms with Gasteiger partial charge in [-0.25, -0.2) is 12.4 Å². The third-order valence-electron chi connectivity index (χ3n) is 3.03. The first-order valence-corrected chi connectivity index (χ1v) is 7.40. The summed E-state index contributed by atoms with van der Waals surface area (Å²) in [4.78, 5) is 4.46. The Bertz CT molecular complexity index is 863. The average molecular weight is 260 g/mol. The van der Waals surface area contributed by atoms with E-state index in [0.29, 0.717) is 5.52 Å². The molecule has 0 aliphatic heterocycles. The van der Waals surface area contributed by atoms with Gasteiger partial charge in [0.1, 0.15) is 0 Å². The van der Waals surface area contributed by atoms with E-state index >= 15 is 0 Å². The van der Waals surface area contributed by atoms with Crippen molar-refractivity contribution >= 4 is 31.8 Å². The largest absolute Gasteiger partial charge is 0.251 e. The van der Waals surface area contributed by atoms with E-state index in [9.17, 15) is 8.42 Å². The van der Waals surface area contributed by atoms with Crippen LogP contribution in [0.3, 0.4) is 0 Å². The van der Waals surface area contributed by atoms with Gasteiger partial charge in [-0.1, -0.05) is 18.2 Å². The lowest BCUT2D eigenvalue weighted by Gasteiger charge is -2.06. The highest BCUT2D eigenvalue weighted by Crippen LogP contribution is 2.27. The molecule has 0 saturated heterocycles. The van der Waals surface area contributed by atoms with Gasteiger partial charge >= 0.3 is 0 Å². The van der Waals surface area contributed by atoms with Crippen molar-refractivity contribution in [3.63, 3.8) is 0 Å². The van der Waals surface area contributed by atoms with Crippen LogP contribution in [0.2, 0.25) is 0 Å². The van der Waals surface area contributed by atoms with E-state index in [-0.39, 0.29) is 0 Å². The van der Waals surface area contributed by atoms with Crippen LogP contribution in [0.5, 0.6) is 0 Å². The molecule has 0 atom stereocenters. The van der Waals surface area contributed by atoms with Crippen molar-refractivity contribution in [2.45, 2.75) is 6.92 Å². The summed E-state index contributed by atoms with van der Waals surface area (Å²) in [6.45, 7) is 1.83. The van der Waals surface area contributed by atoms with Crippen LogP contribution < -0.4 is 0 Å². The predicted molar refractivity (Wildman–Crippen MR) is 72.2 cm³/mol. The van der Waals surface area contributed by atoms with Crippen LogP contribution in [0.1, 0.15) is 5.69 Å². The molecular formula is C13H12N2O2S. The van der Waals surface area contributed by atoms with Crippen molar-refractivity contribution in [3.8, 4) is 0 Å². The minimum Gasteiger partial charge on any atom is -0.251 e. The molecule has 0 aliphatic carbocycles. The van der Waals surface area contributed by atoms with Gasteiger partial charge < -0.3 is 0 Å². The van der Waals surface area contributed by atoms with Gasteiger partial charge in [-0.3, -0.25) is 4.98 Å². The monoisotopic (exact) mass is 260 g/mol. The topological polar surface area (TPSA) is 52.0 Å². The van der Waals surface area contributed by atoms with Gasteiger partial charge in [0, 0.05) is 17.0 Å². The second-order valence-electron chi connectivity index (χ2n) is 4.35. The molecule has 0 unspecified atom stereocenters. The van der Waals surface area contributed by atoms with E-state index in [1.165, 1.54) is 10.2 Å². The number of rotatable bonds is 1. The summed E-state index contributed by atoms with van der Waals surface area (Å²) >= 11 is 0. The maximum Gasteiger partial charge on any atom is 0.236 e. The van der Waals surface area contributed by atoms with Crippen molar-refractivity contribution in [1.29, 1.82) is 0 Å². The number of pyridine rings is 1. The first-order chi connectivity index (χ1) is 8.48. The van der Waals surface area contributed by atoms with Gasteiger partial charge in [0.15, 0.2) is 0 Å². The minimum atomic E-state index is -3.30. The fourth-order valence-corrected chi connectivity index (χ4v) is 3.14. The van der Waals surface area contributed by atoms with Gasteiger partial charge in [-0.2, -0.15) is 0 Å². The van der Waals surface area contributed by atoms with Gasteiger partial charge in [0.2, 0.25) is 10.0 Å². The van der Waals surface area contributed by atoms with E-state index in [0.717, 1.165) is 22.0 Å². The molecule has 5 heteroatoms. The number of fused-ring (bicyclic) bond motifs is 3.